The second-order valence-corrected chi connectivity index (χ2v) is 8.01. The van der Waals surface area contributed by atoms with E-state index in [0.717, 1.165) is 6.07 Å². The number of carbonyl (C=O) groups excluding carboxylic acids is 2. The zero-order valence-electron chi connectivity index (χ0n) is 17.0. The summed E-state index contributed by atoms with van der Waals surface area (Å²) in [6.45, 7) is 0.907. The van der Waals surface area contributed by atoms with E-state index in [-0.39, 0.29) is 66.7 Å². The minimum absolute atomic E-state index is 0.0443. The molecule has 0 radical (unpaired) electrons. The number of nitrogens with zero attached hydrogens (tertiary/aromatic N) is 2. The van der Waals surface area contributed by atoms with Gasteiger partial charge in [0.2, 0.25) is 0 Å². The molecule has 172 valence electrons. The van der Waals surface area contributed by atoms with Crippen LogP contribution in [-0.2, 0) is 11.3 Å². The van der Waals surface area contributed by atoms with Gasteiger partial charge in [-0.25, -0.2) is 9.18 Å². The van der Waals surface area contributed by atoms with Crippen LogP contribution in [0.1, 0.15) is 15.9 Å². The minimum atomic E-state index is -4.36. The van der Waals surface area contributed by atoms with Crippen LogP contribution in [0.3, 0.4) is 0 Å². The third-order valence-corrected chi connectivity index (χ3v) is 5.48. The van der Waals surface area contributed by atoms with Crippen molar-refractivity contribution < 1.29 is 36.6 Å². The minimum Gasteiger partial charge on any atom is -0.494 e. The zero-order valence-corrected chi connectivity index (χ0v) is 17.8. The number of carbonyl (C=O) groups is 2. The average Bonchev–Trinajstić information content (AvgIpc) is 2.77. The number of rotatable bonds is 5. The van der Waals surface area contributed by atoms with Crippen molar-refractivity contribution in [3.8, 4) is 5.75 Å². The Kier molecular flexibility index (Phi) is 7.49. The second kappa shape index (κ2) is 10.1. The van der Waals surface area contributed by atoms with Crippen LogP contribution in [0.25, 0.3) is 0 Å². The highest BCUT2D eigenvalue weighted by Gasteiger charge is 2.29. The summed E-state index contributed by atoms with van der Waals surface area (Å²) in [7, 11) is 1.33. The zero-order chi connectivity index (χ0) is 23.3. The predicted molar refractivity (Wildman–Crippen MR) is 109 cm³/mol. The van der Waals surface area contributed by atoms with Gasteiger partial charge in [-0.2, -0.15) is 13.2 Å². The van der Waals surface area contributed by atoms with E-state index in [2.05, 4.69) is 0 Å². The molecule has 0 atom stereocenters. The molecular weight excluding hydrogens is 452 g/mol. The molecule has 3 rings (SSSR count). The summed E-state index contributed by atoms with van der Waals surface area (Å²) in [6.07, 6.45) is -0.582. The van der Waals surface area contributed by atoms with Crippen molar-refractivity contribution in [1.29, 1.82) is 0 Å². The molecule has 1 heterocycles. The summed E-state index contributed by atoms with van der Waals surface area (Å²) >= 11 is -0.215. The van der Waals surface area contributed by atoms with Crippen molar-refractivity contribution >= 4 is 23.8 Å². The van der Waals surface area contributed by atoms with Crippen LogP contribution in [0.15, 0.2) is 47.4 Å². The molecule has 0 spiro atoms. The molecule has 0 aliphatic carbocycles. The highest BCUT2D eigenvalue weighted by Crippen LogP contribution is 2.36. The largest absolute Gasteiger partial charge is 0.494 e. The van der Waals surface area contributed by atoms with Crippen molar-refractivity contribution in [3.63, 3.8) is 0 Å². The topological polar surface area (TPSA) is 59.1 Å². The molecule has 0 unspecified atom stereocenters. The predicted octanol–water partition coefficient (Wildman–Crippen LogP) is 4.54. The molecule has 0 aromatic heterocycles. The number of benzene rings is 2. The third kappa shape index (κ3) is 6.28. The molecule has 0 bridgehead atoms. The van der Waals surface area contributed by atoms with E-state index in [1.165, 1.54) is 53.3 Å². The maximum Gasteiger partial charge on any atom is 0.446 e. The fraction of sp³-hybridized carbons (Fsp3) is 0.333. The van der Waals surface area contributed by atoms with Crippen LogP contribution in [0.5, 0.6) is 5.75 Å². The Labute approximate surface area is 186 Å². The van der Waals surface area contributed by atoms with Gasteiger partial charge in [-0.3, -0.25) is 4.79 Å². The molecule has 1 fully saturated rings. The standard InChI is InChI=1S/C21H20F4N2O4S/c1-30-18-7-4-15(12-17(18)22)19(28)26-8-10-27(11-9-26)20(29)31-13-14-2-5-16(6-3-14)32-21(23,24)25/h2-7,12H,8-11,13H2,1H3. The number of alkyl halides is 3. The molecule has 1 aliphatic heterocycles. The van der Waals surface area contributed by atoms with Crippen LogP contribution in [0, 0.1) is 5.82 Å². The number of halogens is 4. The van der Waals surface area contributed by atoms with Crippen molar-refractivity contribution in [2.75, 3.05) is 33.3 Å². The Balaban J connectivity index is 1.47. The van der Waals surface area contributed by atoms with Crippen molar-refractivity contribution in [1.82, 2.24) is 9.80 Å². The summed E-state index contributed by atoms with van der Waals surface area (Å²) < 4.78 is 61.0. The van der Waals surface area contributed by atoms with Crippen LogP contribution in [-0.4, -0.2) is 60.6 Å². The van der Waals surface area contributed by atoms with Gasteiger partial charge >= 0.3 is 11.6 Å². The van der Waals surface area contributed by atoms with Crippen LogP contribution in [0.2, 0.25) is 0 Å². The van der Waals surface area contributed by atoms with Gasteiger partial charge in [0.25, 0.3) is 5.91 Å². The first-order chi connectivity index (χ1) is 15.2. The fourth-order valence-corrected chi connectivity index (χ4v) is 3.64. The Hall–Kier alpha value is -2.95. The normalized spacial score (nSPS) is 14.3. The van der Waals surface area contributed by atoms with E-state index in [9.17, 15) is 27.2 Å². The van der Waals surface area contributed by atoms with E-state index in [1.807, 2.05) is 0 Å². The molecule has 2 amide bonds. The first-order valence-corrected chi connectivity index (χ1v) is 10.4. The molecular formula is C21H20F4N2O4S. The van der Waals surface area contributed by atoms with Crippen LogP contribution < -0.4 is 4.74 Å². The third-order valence-electron chi connectivity index (χ3n) is 4.74. The average molecular weight is 472 g/mol. The fourth-order valence-electron chi connectivity index (χ4n) is 3.10. The smallest absolute Gasteiger partial charge is 0.446 e. The number of ether oxygens (including phenoxy) is 2. The quantitative estimate of drug-likeness (QED) is 0.473. The monoisotopic (exact) mass is 472 g/mol. The molecule has 1 aliphatic rings. The molecule has 0 saturated carbocycles. The Bertz CT molecular complexity index is 961. The second-order valence-electron chi connectivity index (χ2n) is 6.87. The molecule has 2 aromatic rings. The lowest BCUT2D eigenvalue weighted by molar-refractivity contribution is -0.0328. The van der Waals surface area contributed by atoms with E-state index in [1.54, 1.807) is 0 Å². The highest BCUT2D eigenvalue weighted by molar-refractivity contribution is 8.00. The number of hydrogen-bond donors (Lipinski definition) is 0. The Morgan fingerprint density at radius 1 is 1.00 bits per heavy atom. The van der Waals surface area contributed by atoms with Crippen LogP contribution >= 0.6 is 11.8 Å². The van der Waals surface area contributed by atoms with Gasteiger partial charge in [0.15, 0.2) is 11.6 Å². The SMILES string of the molecule is COc1ccc(C(=O)N2CCN(C(=O)OCc3ccc(SC(F)(F)F)cc3)CC2)cc1F. The molecule has 1 saturated heterocycles. The number of amides is 2. The van der Waals surface area contributed by atoms with E-state index < -0.39 is 17.4 Å². The number of hydrogen-bond acceptors (Lipinski definition) is 5. The number of methoxy groups -OCH3 is 1. The highest BCUT2D eigenvalue weighted by atomic mass is 32.2. The molecule has 32 heavy (non-hydrogen) atoms. The van der Waals surface area contributed by atoms with Crippen LogP contribution in [0.4, 0.5) is 22.4 Å². The summed E-state index contributed by atoms with van der Waals surface area (Å²) in [5, 5.41) is 0. The van der Waals surface area contributed by atoms with E-state index in [0.29, 0.717) is 5.56 Å². The van der Waals surface area contributed by atoms with Gasteiger partial charge in [0, 0.05) is 36.6 Å². The summed E-state index contributed by atoms with van der Waals surface area (Å²) in [4.78, 5) is 27.8. The maximum atomic E-state index is 13.8. The Morgan fingerprint density at radius 3 is 2.19 bits per heavy atom. The van der Waals surface area contributed by atoms with Gasteiger partial charge < -0.3 is 19.3 Å². The first kappa shape index (κ1) is 23.7. The number of thioether (sulfide) groups is 1. The van der Waals surface area contributed by atoms with Gasteiger partial charge in [-0.05, 0) is 47.7 Å². The lowest BCUT2D eigenvalue weighted by Crippen LogP contribution is -2.50. The lowest BCUT2D eigenvalue weighted by atomic mass is 10.1. The Morgan fingerprint density at radius 2 is 1.62 bits per heavy atom. The molecule has 6 nitrogen and oxygen atoms in total. The molecule has 11 heteroatoms. The maximum absolute atomic E-state index is 13.8. The first-order valence-electron chi connectivity index (χ1n) is 9.55. The van der Waals surface area contributed by atoms with Gasteiger partial charge in [0.1, 0.15) is 6.61 Å². The van der Waals surface area contributed by atoms with Gasteiger partial charge in [0.05, 0.1) is 7.11 Å². The van der Waals surface area contributed by atoms with Crippen molar-refractivity contribution in [2.24, 2.45) is 0 Å². The van der Waals surface area contributed by atoms with Crippen molar-refractivity contribution in [2.45, 2.75) is 17.0 Å². The molecule has 0 N–H and O–H groups in total. The number of piperazine rings is 1. The van der Waals surface area contributed by atoms with E-state index in [4.69, 9.17) is 9.47 Å². The van der Waals surface area contributed by atoms with Gasteiger partial charge in [-0.1, -0.05) is 12.1 Å². The lowest BCUT2D eigenvalue weighted by Gasteiger charge is -2.34. The summed E-state index contributed by atoms with van der Waals surface area (Å²) in [5.41, 5.74) is -3.62. The van der Waals surface area contributed by atoms with E-state index >= 15 is 0 Å². The van der Waals surface area contributed by atoms with Crippen molar-refractivity contribution in [3.05, 3.63) is 59.4 Å². The summed E-state index contributed by atoms with van der Waals surface area (Å²) in [6, 6.07) is 9.52. The summed E-state index contributed by atoms with van der Waals surface area (Å²) in [5.74, 6) is -0.940. The molecule has 2 aromatic carbocycles. The van der Waals surface area contributed by atoms with Gasteiger partial charge in [-0.15, -0.1) is 0 Å².